The first-order chi connectivity index (χ1) is 15.9. The third-order valence-electron chi connectivity index (χ3n) is 6.26. The highest BCUT2D eigenvalue weighted by molar-refractivity contribution is 5.94. The molecule has 0 aliphatic carbocycles. The van der Waals surface area contributed by atoms with E-state index in [0.29, 0.717) is 30.7 Å². The smallest absolute Gasteiger partial charge is 0.332 e. The van der Waals surface area contributed by atoms with Gasteiger partial charge in [0.2, 0.25) is 5.91 Å². The molecule has 1 atom stereocenters. The van der Waals surface area contributed by atoms with Crippen molar-refractivity contribution in [1.29, 1.82) is 0 Å². The van der Waals surface area contributed by atoms with Gasteiger partial charge in [0.15, 0.2) is 5.52 Å². The zero-order valence-electron chi connectivity index (χ0n) is 18.9. The van der Waals surface area contributed by atoms with Crippen molar-refractivity contribution in [2.45, 2.75) is 38.3 Å². The van der Waals surface area contributed by atoms with E-state index in [1.807, 2.05) is 23.1 Å². The van der Waals surface area contributed by atoms with Gasteiger partial charge >= 0.3 is 5.69 Å². The number of nitrogens with one attached hydrogen (secondary N) is 1. The summed E-state index contributed by atoms with van der Waals surface area (Å²) in [7, 11) is 2.97. The van der Waals surface area contributed by atoms with Crippen molar-refractivity contribution >= 4 is 23.0 Å². The molecule has 3 aromatic rings. The number of piperidine rings is 1. The first kappa shape index (κ1) is 22.5. The normalized spacial score (nSPS) is 16.2. The average molecular weight is 453 g/mol. The molecule has 1 aliphatic heterocycles. The third kappa shape index (κ3) is 4.46. The molecule has 0 bridgehead atoms. The van der Waals surface area contributed by atoms with Crippen LogP contribution in [0.15, 0.2) is 46.2 Å². The van der Waals surface area contributed by atoms with Gasteiger partial charge in [-0.25, -0.2) is 9.78 Å². The number of hydrogen-bond donors (Lipinski definition) is 1. The minimum atomic E-state index is -0.482. The van der Waals surface area contributed by atoms with Crippen molar-refractivity contribution in [3.8, 4) is 0 Å². The van der Waals surface area contributed by atoms with Crippen molar-refractivity contribution in [1.82, 2.24) is 28.9 Å². The van der Waals surface area contributed by atoms with Crippen LogP contribution < -0.4 is 16.6 Å². The molecule has 0 unspecified atom stereocenters. The Morgan fingerprint density at radius 3 is 2.61 bits per heavy atom. The predicted molar refractivity (Wildman–Crippen MR) is 123 cm³/mol. The second-order valence-corrected chi connectivity index (χ2v) is 8.40. The minimum absolute atomic E-state index is 0.0101. The maximum absolute atomic E-state index is 13.2. The summed E-state index contributed by atoms with van der Waals surface area (Å²) in [6.07, 6.45) is 4.91. The van der Waals surface area contributed by atoms with Crippen LogP contribution in [0, 0.1) is 0 Å². The fourth-order valence-electron chi connectivity index (χ4n) is 4.46. The molecule has 2 amide bonds. The number of fused-ring (bicyclic) bond motifs is 1. The molecule has 4 rings (SSSR count). The Bertz CT molecular complexity index is 1290. The molecule has 10 nitrogen and oxygen atoms in total. The first-order valence-corrected chi connectivity index (χ1v) is 11.1. The number of hydrogen-bond acceptors (Lipinski definition) is 5. The van der Waals surface area contributed by atoms with E-state index in [9.17, 15) is 19.2 Å². The van der Waals surface area contributed by atoms with Gasteiger partial charge in [-0.05, 0) is 37.8 Å². The number of nitrogens with zero attached hydrogens (tertiary/aromatic N) is 5. The molecule has 0 saturated carbocycles. The summed E-state index contributed by atoms with van der Waals surface area (Å²) in [5.74, 6) is -0.224. The van der Waals surface area contributed by atoms with Gasteiger partial charge in [-0.1, -0.05) is 18.2 Å². The molecule has 1 saturated heterocycles. The predicted octanol–water partition coefficient (Wildman–Crippen LogP) is 0.635. The van der Waals surface area contributed by atoms with Gasteiger partial charge in [0, 0.05) is 38.8 Å². The Balaban J connectivity index is 1.45. The van der Waals surface area contributed by atoms with Gasteiger partial charge in [-0.15, -0.1) is 0 Å². The Morgan fingerprint density at radius 2 is 1.85 bits per heavy atom. The lowest BCUT2D eigenvalue weighted by molar-refractivity contribution is -0.135. The molecular weight excluding hydrogens is 424 g/mol. The first-order valence-electron chi connectivity index (χ1n) is 11.1. The van der Waals surface area contributed by atoms with Crippen LogP contribution in [0.25, 0.3) is 11.2 Å². The van der Waals surface area contributed by atoms with E-state index in [4.69, 9.17) is 0 Å². The Labute approximate surface area is 190 Å². The molecular formula is C23H28N6O4. The topological polar surface area (TPSA) is 111 Å². The maximum atomic E-state index is 13.2. The summed E-state index contributed by atoms with van der Waals surface area (Å²) < 4.78 is 3.90. The van der Waals surface area contributed by atoms with E-state index in [0.717, 1.165) is 23.8 Å². The minimum Gasteiger partial charge on any atom is -0.352 e. The lowest BCUT2D eigenvalue weighted by atomic mass is 9.99. The number of likely N-dealkylation sites (tertiary alicyclic amines) is 1. The number of amides is 2. The van der Waals surface area contributed by atoms with Gasteiger partial charge in [-0.3, -0.25) is 23.5 Å². The molecule has 174 valence electrons. The SMILES string of the molecule is Cn1c(=O)c2ncn(CC(=O)N3CCCC[C@@H]3CCNC(=O)c3ccccc3)c2n(C)c1=O. The Kier molecular flexibility index (Phi) is 6.43. The quantitative estimate of drug-likeness (QED) is 0.590. The van der Waals surface area contributed by atoms with E-state index in [1.54, 1.807) is 23.7 Å². The molecule has 3 heterocycles. The second kappa shape index (κ2) is 9.43. The molecule has 1 fully saturated rings. The largest absolute Gasteiger partial charge is 0.352 e. The summed E-state index contributed by atoms with van der Waals surface area (Å²) in [6.45, 7) is 1.11. The number of rotatable bonds is 6. The highest BCUT2D eigenvalue weighted by Gasteiger charge is 2.27. The summed E-state index contributed by atoms with van der Waals surface area (Å²) in [5, 5.41) is 2.93. The highest BCUT2D eigenvalue weighted by Crippen LogP contribution is 2.20. The number of benzene rings is 1. The molecule has 33 heavy (non-hydrogen) atoms. The van der Waals surface area contributed by atoms with E-state index in [1.165, 1.54) is 17.9 Å². The van der Waals surface area contributed by atoms with Crippen LogP contribution in [-0.4, -0.2) is 54.5 Å². The summed E-state index contributed by atoms with van der Waals surface area (Å²) in [4.78, 5) is 56.2. The van der Waals surface area contributed by atoms with Gasteiger partial charge in [0.1, 0.15) is 12.2 Å². The molecule has 0 radical (unpaired) electrons. The van der Waals surface area contributed by atoms with Crippen LogP contribution in [0.5, 0.6) is 0 Å². The number of aromatic nitrogens is 4. The summed E-state index contributed by atoms with van der Waals surface area (Å²) >= 11 is 0. The summed E-state index contributed by atoms with van der Waals surface area (Å²) in [5.41, 5.74) is 0.153. The Hall–Kier alpha value is -3.69. The van der Waals surface area contributed by atoms with Crippen LogP contribution in [0.3, 0.4) is 0 Å². The molecule has 1 N–H and O–H groups in total. The van der Waals surface area contributed by atoms with Crippen LogP contribution in [0.2, 0.25) is 0 Å². The van der Waals surface area contributed by atoms with Crippen molar-refractivity contribution in [2.75, 3.05) is 13.1 Å². The van der Waals surface area contributed by atoms with E-state index in [2.05, 4.69) is 10.3 Å². The van der Waals surface area contributed by atoms with E-state index >= 15 is 0 Å². The zero-order chi connectivity index (χ0) is 23.5. The number of aryl methyl sites for hydroxylation is 1. The lowest BCUT2D eigenvalue weighted by Gasteiger charge is -2.36. The third-order valence-corrected chi connectivity index (χ3v) is 6.26. The van der Waals surface area contributed by atoms with Crippen LogP contribution in [-0.2, 0) is 25.4 Å². The molecule has 1 aromatic carbocycles. The van der Waals surface area contributed by atoms with E-state index in [-0.39, 0.29) is 29.9 Å². The lowest BCUT2D eigenvalue weighted by Crippen LogP contribution is -2.46. The van der Waals surface area contributed by atoms with E-state index < -0.39 is 11.2 Å². The monoisotopic (exact) mass is 452 g/mol. The van der Waals surface area contributed by atoms with Crippen molar-refractivity contribution in [3.05, 3.63) is 63.1 Å². The standard InChI is InChI=1S/C23H28N6O4/c1-26-21-19(22(32)27(2)23(26)33)25-15-28(21)14-18(30)29-13-7-6-10-17(29)11-12-24-20(31)16-8-4-3-5-9-16/h3-5,8-9,15,17H,6-7,10-14H2,1-2H3,(H,24,31)/t17-/m1/s1. The molecule has 10 heteroatoms. The second-order valence-electron chi connectivity index (χ2n) is 8.40. The van der Waals surface area contributed by atoms with Crippen molar-refractivity contribution in [2.24, 2.45) is 14.1 Å². The summed E-state index contributed by atoms with van der Waals surface area (Å²) in [6, 6.07) is 9.06. The average Bonchev–Trinajstić information content (AvgIpc) is 3.25. The Morgan fingerprint density at radius 1 is 1.09 bits per heavy atom. The van der Waals surface area contributed by atoms with Gasteiger partial charge < -0.3 is 14.8 Å². The van der Waals surface area contributed by atoms with Crippen LogP contribution >= 0.6 is 0 Å². The van der Waals surface area contributed by atoms with Gasteiger partial charge in [-0.2, -0.15) is 0 Å². The number of imidazole rings is 1. The highest BCUT2D eigenvalue weighted by atomic mass is 16.2. The van der Waals surface area contributed by atoms with Gasteiger partial charge in [0.25, 0.3) is 11.5 Å². The van der Waals surface area contributed by atoms with Gasteiger partial charge in [0.05, 0.1) is 6.33 Å². The molecule has 1 aliphatic rings. The molecule has 2 aromatic heterocycles. The maximum Gasteiger partial charge on any atom is 0.332 e. The van der Waals surface area contributed by atoms with Crippen LogP contribution in [0.4, 0.5) is 0 Å². The van der Waals surface area contributed by atoms with Crippen LogP contribution in [0.1, 0.15) is 36.0 Å². The zero-order valence-corrected chi connectivity index (χ0v) is 18.9. The number of carbonyl (C=O) groups excluding carboxylic acids is 2. The fourth-order valence-corrected chi connectivity index (χ4v) is 4.46. The number of carbonyl (C=O) groups is 2. The van der Waals surface area contributed by atoms with Crippen molar-refractivity contribution in [3.63, 3.8) is 0 Å². The van der Waals surface area contributed by atoms with Crippen molar-refractivity contribution < 1.29 is 9.59 Å². The fraction of sp³-hybridized carbons (Fsp3) is 0.435. The molecule has 0 spiro atoms.